The molecule has 0 radical (unpaired) electrons. The van der Waals surface area contributed by atoms with Crippen molar-refractivity contribution in [3.05, 3.63) is 22.8 Å². The molecule has 2 saturated carbocycles. The van der Waals surface area contributed by atoms with E-state index in [9.17, 15) is 9.90 Å². The molecule has 20 heavy (non-hydrogen) atoms. The Labute approximate surface area is 124 Å². The number of hydrogen-bond acceptors (Lipinski definition) is 2. The number of aliphatic hydroxyl groups is 1. The minimum Gasteiger partial charge on any atom is -0.392 e. The summed E-state index contributed by atoms with van der Waals surface area (Å²) in [5.41, 5.74) is 1.29. The van der Waals surface area contributed by atoms with Gasteiger partial charge in [-0.2, -0.15) is 0 Å². The van der Waals surface area contributed by atoms with Gasteiger partial charge in [0.05, 0.1) is 6.10 Å². The van der Waals surface area contributed by atoms with Crippen LogP contribution in [-0.2, 0) is 4.79 Å². The molecule has 4 aliphatic rings. The zero-order valence-electron chi connectivity index (χ0n) is 12.0. The molecular weight excluding hydrogens is 272 g/mol. The van der Waals surface area contributed by atoms with Gasteiger partial charge in [-0.1, -0.05) is 30.7 Å². The molecule has 4 aliphatic carbocycles. The Hall–Kier alpha value is -0.600. The van der Waals surface area contributed by atoms with Gasteiger partial charge in [-0.05, 0) is 60.8 Å². The van der Waals surface area contributed by atoms with Crippen LogP contribution in [0.15, 0.2) is 22.8 Å². The SMILES string of the molecule is CC(=O)C1=C[C@@H]2[C@@H](O)[C@H](C1)[C@@H]1[C@H](C)C(Cl)=C[C@@H]2C12CC2. The van der Waals surface area contributed by atoms with E-state index in [1.54, 1.807) is 6.92 Å². The lowest BCUT2D eigenvalue weighted by molar-refractivity contribution is -0.116. The van der Waals surface area contributed by atoms with Crippen LogP contribution in [0, 0.1) is 35.0 Å². The van der Waals surface area contributed by atoms with Crippen molar-refractivity contribution in [3.8, 4) is 0 Å². The van der Waals surface area contributed by atoms with E-state index in [2.05, 4.69) is 19.1 Å². The van der Waals surface area contributed by atoms with Gasteiger partial charge in [0.2, 0.25) is 0 Å². The number of aliphatic hydroxyl groups excluding tert-OH is 1. The number of fused-ring (bicyclic) bond motifs is 4. The van der Waals surface area contributed by atoms with Gasteiger partial charge in [-0.3, -0.25) is 4.79 Å². The fourth-order valence-corrected chi connectivity index (χ4v) is 5.73. The first-order valence-corrected chi connectivity index (χ1v) is 8.10. The summed E-state index contributed by atoms with van der Waals surface area (Å²) in [5, 5.41) is 11.7. The van der Waals surface area contributed by atoms with Crippen molar-refractivity contribution < 1.29 is 9.90 Å². The summed E-state index contributed by atoms with van der Waals surface area (Å²) in [6, 6.07) is 0. The van der Waals surface area contributed by atoms with Crippen molar-refractivity contribution >= 4 is 17.4 Å². The van der Waals surface area contributed by atoms with Crippen molar-refractivity contribution in [3.63, 3.8) is 0 Å². The molecule has 4 bridgehead atoms. The minimum absolute atomic E-state index is 0.0904. The third-order valence-corrected chi connectivity index (χ3v) is 6.95. The third kappa shape index (κ3) is 1.47. The molecule has 2 fully saturated rings. The van der Waals surface area contributed by atoms with Gasteiger partial charge in [0.25, 0.3) is 0 Å². The quantitative estimate of drug-likeness (QED) is 0.805. The molecule has 1 N–H and O–H groups in total. The summed E-state index contributed by atoms with van der Waals surface area (Å²) in [5.74, 6) is 1.56. The summed E-state index contributed by atoms with van der Waals surface area (Å²) < 4.78 is 0. The van der Waals surface area contributed by atoms with Crippen LogP contribution in [0.2, 0.25) is 0 Å². The molecule has 0 heterocycles. The molecule has 6 atom stereocenters. The summed E-state index contributed by atoms with van der Waals surface area (Å²) in [6.07, 6.45) is 7.20. The van der Waals surface area contributed by atoms with E-state index in [4.69, 9.17) is 11.6 Å². The lowest BCUT2D eigenvalue weighted by Crippen LogP contribution is -2.55. The van der Waals surface area contributed by atoms with Crippen LogP contribution in [-0.4, -0.2) is 17.0 Å². The maximum Gasteiger partial charge on any atom is 0.155 e. The predicted octanol–water partition coefficient (Wildman–Crippen LogP) is 3.30. The number of carbonyl (C=O) groups is 1. The second kappa shape index (κ2) is 3.98. The van der Waals surface area contributed by atoms with Crippen molar-refractivity contribution in [2.45, 2.75) is 39.2 Å². The molecule has 0 aromatic carbocycles. The number of carbonyl (C=O) groups excluding carboxylic acids is 1. The van der Waals surface area contributed by atoms with Gasteiger partial charge in [-0.15, -0.1) is 0 Å². The first kappa shape index (κ1) is 13.1. The fourth-order valence-electron chi connectivity index (χ4n) is 5.46. The molecule has 0 amide bonds. The summed E-state index contributed by atoms with van der Waals surface area (Å²) in [6.45, 7) is 3.84. The topological polar surface area (TPSA) is 37.3 Å². The van der Waals surface area contributed by atoms with E-state index in [0.717, 1.165) is 17.0 Å². The second-order valence-corrected chi connectivity index (χ2v) is 7.75. The number of rotatable bonds is 1. The van der Waals surface area contributed by atoms with E-state index < -0.39 is 0 Å². The van der Waals surface area contributed by atoms with Crippen molar-refractivity contribution in [2.24, 2.45) is 35.0 Å². The zero-order chi connectivity index (χ0) is 14.2. The lowest BCUT2D eigenvalue weighted by atomic mass is 9.49. The number of ketones is 1. The van der Waals surface area contributed by atoms with E-state index in [1.165, 1.54) is 12.8 Å². The maximum absolute atomic E-state index is 11.8. The number of hydrogen-bond donors (Lipinski definition) is 1. The zero-order valence-corrected chi connectivity index (χ0v) is 12.7. The van der Waals surface area contributed by atoms with E-state index in [-0.39, 0.29) is 23.7 Å². The molecule has 1 spiro atoms. The van der Waals surface area contributed by atoms with E-state index >= 15 is 0 Å². The van der Waals surface area contributed by atoms with Gasteiger partial charge in [0, 0.05) is 11.0 Å². The van der Waals surface area contributed by atoms with Gasteiger partial charge in [0.15, 0.2) is 5.78 Å². The van der Waals surface area contributed by atoms with Crippen LogP contribution in [0.3, 0.4) is 0 Å². The molecule has 0 aliphatic heterocycles. The second-order valence-electron chi connectivity index (χ2n) is 7.31. The molecule has 0 aromatic heterocycles. The van der Waals surface area contributed by atoms with E-state index in [1.807, 2.05) is 0 Å². The third-order valence-electron chi connectivity index (χ3n) is 6.48. The average molecular weight is 293 g/mol. The Morgan fingerprint density at radius 3 is 2.70 bits per heavy atom. The molecule has 0 aromatic rings. The normalized spacial score (nSPS) is 47.6. The van der Waals surface area contributed by atoms with Crippen LogP contribution in [0.4, 0.5) is 0 Å². The highest BCUT2D eigenvalue weighted by Gasteiger charge is 2.67. The monoisotopic (exact) mass is 292 g/mol. The molecule has 0 saturated heterocycles. The Kier molecular flexibility index (Phi) is 2.61. The van der Waals surface area contributed by atoms with Crippen LogP contribution in [0.25, 0.3) is 0 Å². The van der Waals surface area contributed by atoms with E-state index in [0.29, 0.717) is 23.2 Å². The molecule has 108 valence electrons. The maximum atomic E-state index is 11.8. The first-order valence-electron chi connectivity index (χ1n) is 7.72. The Balaban J connectivity index is 1.87. The smallest absolute Gasteiger partial charge is 0.155 e. The molecule has 3 heteroatoms. The highest BCUT2D eigenvalue weighted by Crippen LogP contribution is 2.72. The highest BCUT2D eigenvalue weighted by molar-refractivity contribution is 6.30. The Morgan fingerprint density at radius 1 is 1.40 bits per heavy atom. The molecule has 4 rings (SSSR count). The van der Waals surface area contributed by atoms with Crippen LogP contribution >= 0.6 is 11.6 Å². The largest absolute Gasteiger partial charge is 0.392 e. The Bertz CT molecular complexity index is 543. The minimum atomic E-state index is -0.303. The van der Waals surface area contributed by atoms with Gasteiger partial charge in [0.1, 0.15) is 0 Å². The highest BCUT2D eigenvalue weighted by atomic mass is 35.5. The van der Waals surface area contributed by atoms with Gasteiger partial charge in [-0.25, -0.2) is 0 Å². The van der Waals surface area contributed by atoms with Crippen molar-refractivity contribution in [2.75, 3.05) is 0 Å². The van der Waals surface area contributed by atoms with Crippen molar-refractivity contribution in [1.82, 2.24) is 0 Å². The average Bonchev–Trinajstić information content (AvgIpc) is 3.16. The van der Waals surface area contributed by atoms with Gasteiger partial charge < -0.3 is 5.11 Å². The van der Waals surface area contributed by atoms with Crippen LogP contribution in [0.1, 0.15) is 33.1 Å². The number of Topliss-reactive ketones (excluding diaryl/α,β-unsaturated/α-hetero) is 1. The van der Waals surface area contributed by atoms with Gasteiger partial charge >= 0.3 is 0 Å². The number of halogens is 1. The summed E-state index contributed by atoms with van der Waals surface area (Å²) in [7, 11) is 0. The molecule has 2 nitrogen and oxygen atoms in total. The van der Waals surface area contributed by atoms with Crippen molar-refractivity contribution in [1.29, 1.82) is 0 Å². The lowest BCUT2D eigenvalue weighted by Gasteiger charge is -2.56. The fraction of sp³-hybridized carbons (Fsp3) is 0.706. The Morgan fingerprint density at radius 2 is 2.10 bits per heavy atom. The summed E-state index contributed by atoms with van der Waals surface area (Å²) >= 11 is 6.47. The number of allylic oxidation sites excluding steroid dienone is 3. The molecule has 0 unspecified atom stereocenters. The first-order chi connectivity index (χ1) is 9.45. The van der Waals surface area contributed by atoms with Crippen LogP contribution in [0.5, 0.6) is 0 Å². The summed E-state index contributed by atoms with van der Waals surface area (Å²) in [4.78, 5) is 11.8. The predicted molar refractivity (Wildman–Crippen MR) is 78.1 cm³/mol. The standard InChI is InChI=1S/C17H21ClO2/c1-8-14(18)7-13-11-5-10(9(2)19)6-12(16(11)20)15(8)17(13)3-4-17/h5,7-8,11-13,15-16,20H,3-4,6H2,1-2H3/t8-,11+,12-,13+,15+,16-/m1/s1. The van der Waals surface area contributed by atoms with Crippen LogP contribution < -0.4 is 0 Å². The molecular formula is C17H21ClO2.